The fourth-order valence-electron chi connectivity index (χ4n) is 3.40. The summed E-state index contributed by atoms with van der Waals surface area (Å²) in [7, 11) is 0. The van der Waals surface area contributed by atoms with Gasteiger partial charge in [-0.25, -0.2) is 4.99 Å². The summed E-state index contributed by atoms with van der Waals surface area (Å²) in [5.41, 5.74) is 1.00. The average Bonchev–Trinajstić information content (AvgIpc) is 2.75. The van der Waals surface area contributed by atoms with Crippen LogP contribution in [0.1, 0.15) is 32.3 Å². The minimum absolute atomic E-state index is 0. The number of hydrogen-bond acceptors (Lipinski definition) is 4. The molecule has 0 aromatic heterocycles. The Morgan fingerprint density at radius 2 is 1.87 bits per heavy atom. The summed E-state index contributed by atoms with van der Waals surface area (Å²) in [6, 6.07) is 15.4. The second-order valence-corrected chi connectivity index (χ2v) is 7.02. The standard InChI is InChI=1S/C23H31N3O3.HI/c1-3-24-23(25-17-18-10-11-21(27)22(16-18)28-4-2)26-14-12-20(13-15-26)29-19-8-6-5-7-9-19;/h5-11,16,20,27H,3-4,12-15,17H2,1-2H3,(H,24,25);1H. The van der Waals surface area contributed by atoms with E-state index in [4.69, 9.17) is 14.5 Å². The fraction of sp³-hybridized carbons (Fsp3) is 0.435. The number of piperidine rings is 1. The van der Waals surface area contributed by atoms with Crippen molar-refractivity contribution in [3.05, 3.63) is 54.1 Å². The van der Waals surface area contributed by atoms with E-state index >= 15 is 0 Å². The molecule has 0 aliphatic carbocycles. The van der Waals surface area contributed by atoms with Gasteiger partial charge in [0.1, 0.15) is 11.9 Å². The van der Waals surface area contributed by atoms with Crippen LogP contribution in [0.25, 0.3) is 0 Å². The van der Waals surface area contributed by atoms with E-state index in [2.05, 4.69) is 17.1 Å². The number of aromatic hydroxyl groups is 1. The van der Waals surface area contributed by atoms with E-state index in [1.165, 1.54) is 0 Å². The molecule has 0 radical (unpaired) electrons. The van der Waals surface area contributed by atoms with Gasteiger partial charge in [-0.3, -0.25) is 0 Å². The Balaban J connectivity index is 0.00000320. The Morgan fingerprint density at radius 3 is 2.53 bits per heavy atom. The van der Waals surface area contributed by atoms with E-state index in [0.29, 0.717) is 18.9 Å². The molecule has 0 amide bonds. The molecule has 30 heavy (non-hydrogen) atoms. The number of likely N-dealkylation sites (tertiary alicyclic amines) is 1. The zero-order chi connectivity index (χ0) is 20.5. The van der Waals surface area contributed by atoms with E-state index in [1.807, 2.05) is 49.4 Å². The monoisotopic (exact) mass is 525 g/mol. The normalized spacial score (nSPS) is 14.7. The first kappa shape index (κ1) is 24.1. The van der Waals surface area contributed by atoms with Crippen LogP contribution in [0.2, 0.25) is 0 Å². The molecule has 3 rings (SSSR count). The van der Waals surface area contributed by atoms with Crippen molar-refractivity contribution in [1.82, 2.24) is 10.2 Å². The van der Waals surface area contributed by atoms with E-state index in [1.54, 1.807) is 6.07 Å². The van der Waals surface area contributed by atoms with Crippen LogP contribution in [0.4, 0.5) is 0 Å². The topological polar surface area (TPSA) is 66.3 Å². The number of nitrogens with zero attached hydrogens (tertiary/aromatic N) is 2. The molecule has 1 aliphatic heterocycles. The SMILES string of the molecule is CCNC(=NCc1ccc(O)c(OCC)c1)N1CCC(Oc2ccccc2)CC1.I. The van der Waals surface area contributed by atoms with Crippen LogP contribution < -0.4 is 14.8 Å². The summed E-state index contributed by atoms with van der Waals surface area (Å²) < 4.78 is 11.6. The molecule has 2 aromatic rings. The van der Waals surface area contributed by atoms with Crippen LogP contribution in [-0.4, -0.2) is 48.3 Å². The third kappa shape index (κ3) is 6.97. The molecule has 1 fully saturated rings. The lowest BCUT2D eigenvalue weighted by Crippen LogP contribution is -2.47. The molecule has 6 nitrogen and oxygen atoms in total. The maximum absolute atomic E-state index is 9.87. The molecule has 0 atom stereocenters. The maximum Gasteiger partial charge on any atom is 0.194 e. The molecular formula is C23H32IN3O3. The molecule has 164 valence electrons. The third-order valence-electron chi connectivity index (χ3n) is 4.86. The predicted octanol–water partition coefficient (Wildman–Crippen LogP) is 4.42. The van der Waals surface area contributed by atoms with Crippen LogP contribution in [-0.2, 0) is 6.54 Å². The Labute approximate surface area is 196 Å². The number of hydrogen-bond donors (Lipinski definition) is 2. The van der Waals surface area contributed by atoms with E-state index < -0.39 is 0 Å². The number of para-hydroxylation sites is 1. The maximum atomic E-state index is 9.87. The van der Waals surface area contributed by atoms with E-state index in [-0.39, 0.29) is 35.8 Å². The minimum atomic E-state index is 0. The van der Waals surface area contributed by atoms with Crippen molar-refractivity contribution in [2.45, 2.75) is 39.3 Å². The first-order valence-corrected chi connectivity index (χ1v) is 10.4. The number of rotatable bonds is 7. The van der Waals surface area contributed by atoms with Gasteiger partial charge < -0.3 is 24.8 Å². The van der Waals surface area contributed by atoms with Crippen molar-refractivity contribution >= 4 is 29.9 Å². The van der Waals surface area contributed by atoms with Gasteiger partial charge in [-0.05, 0) is 43.7 Å². The Bertz CT molecular complexity index is 794. The Hall–Kier alpha value is -2.16. The van der Waals surface area contributed by atoms with Crippen LogP contribution in [0.3, 0.4) is 0 Å². The van der Waals surface area contributed by atoms with Crippen molar-refractivity contribution in [2.24, 2.45) is 4.99 Å². The number of guanidine groups is 1. The smallest absolute Gasteiger partial charge is 0.194 e. The number of ether oxygens (including phenoxy) is 2. The summed E-state index contributed by atoms with van der Waals surface area (Å²) in [4.78, 5) is 7.09. The molecule has 1 heterocycles. The average molecular weight is 525 g/mol. The molecule has 2 N–H and O–H groups in total. The molecule has 2 aromatic carbocycles. The van der Waals surface area contributed by atoms with Crippen molar-refractivity contribution in [3.63, 3.8) is 0 Å². The molecule has 7 heteroatoms. The number of nitrogens with one attached hydrogen (secondary N) is 1. The first-order chi connectivity index (χ1) is 14.2. The van der Waals surface area contributed by atoms with Crippen LogP contribution in [0.5, 0.6) is 17.2 Å². The molecule has 0 spiro atoms. The zero-order valence-corrected chi connectivity index (χ0v) is 20.0. The Morgan fingerprint density at radius 1 is 1.13 bits per heavy atom. The summed E-state index contributed by atoms with van der Waals surface area (Å²) in [6.07, 6.45) is 2.17. The zero-order valence-electron chi connectivity index (χ0n) is 17.7. The summed E-state index contributed by atoms with van der Waals surface area (Å²) in [5.74, 6) is 2.51. The highest BCUT2D eigenvalue weighted by Crippen LogP contribution is 2.27. The molecule has 0 bridgehead atoms. The van der Waals surface area contributed by atoms with Gasteiger partial charge in [0.25, 0.3) is 0 Å². The molecular weight excluding hydrogens is 493 g/mol. The van der Waals surface area contributed by atoms with Gasteiger partial charge in [0.05, 0.1) is 13.2 Å². The molecule has 0 unspecified atom stereocenters. The second-order valence-electron chi connectivity index (χ2n) is 7.02. The molecule has 0 saturated carbocycles. The van der Waals surface area contributed by atoms with Gasteiger partial charge in [0.2, 0.25) is 0 Å². The lowest BCUT2D eigenvalue weighted by atomic mass is 10.1. The number of phenolic OH excluding ortho intramolecular Hbond substituents is 1. The minimum Gasteiger partial charge on any atom is -0.504 e. The van der Waals surface area contributed by atoms with Crippen molar-refractivity contribution < 1.29 is 14.6 Å². The van der Waals surface area contributed by atoms with Gasteiger partial charge in [0.15, 0.2) is 17.5 Å². The second kappa shape index (κ2) is 12.5. The quantitative estimate of drug-likeness (QED) is 0.319. The highest BCUT2D eigenvalue weighted by atomic mass is 127. The summed E-state index contributed by atoms with van der Waals surface area (Å²) >= 11 is 0. The highest BCUT2D eigenvalue weighted by molar-refractivity contribution is 14.0. The van der Waals surface area contributed by atoms with Crippen LogP contribution >= 0.6 is 24.0 Å². The number of aliphatic imine (C=N–C) groups is 1. The molecule has 1 aliphatic rings. The lowest BCUT2D eigenvalue weighted by molar-refractivity contribution is 0.129. The van der Waals surface area contributed by atoms with Crippen molar-refractivity contribution in [1.29, 1.82) is 0 Å². The van der Waals surface area contributed by atoms with Crippen LogP contribution in [0, 0.1) is 0 Å². The van der Waals surface area contributed by atoms with Gasteiger partial charge in [-0.15, -0.1) is 24.0 Å². The fourth-order valence-corrected chi connectivity index (χ4v) is 3.40. The summed E-state index contributed by atoms with van der Waals surface area (Å²) in [5, 5.41) is 13.3. The van der Waals surface area contributed by atoms with Gasteiger partial charge in [-0.2, -0.15) is 0 Å². The van der Waals surface area contributed by atoms with E-state index in [0.717, 1.165) is 49.7 Å². The van der Waals surface area contributed by atoms with Gasteiger partial charge in [-0.1, -0.05) is 24.3 Å². The first-order valence-electron chi connectivity index (χ1n) is 10.4. The summed E-state index contributed by atoms with van der Waals surface area (Å²) in [6.45, 7) is 7.66. The van der Waals surface area contributed by atoms with Crippen molar-refractivity contribution in [2.75, 3.05) is 26.2 Å². The van der Waals surface area contributed by atoms with Gasteiger partial charge in [0, 0.05) is 32.5 Å². The predicted molar refractivity (Wildman–Crippen MR) is 131 cm³/mol. The highest BCUT2D eigenvalue weighted by Gasteiger charge is 2.22. The lowest BCUT2D eigenvalue weighted by Gasteiger charge is -2.34. The van der Waals surface area contributed by atoms with E-state index in [9.17, 15) is 5.11 Å². The van der Waals surface area contributed by atoms with Crippen LogP contribution in [0.15, 0.2) is 53.5 Å². The largest absolute Gasteiger partial charge is 0.504 e. The number of halogens is 1. The Kier molecular flexibility index (Phi) is 10.1. The number of benzene rings is 2. The number of phenols is 1. The third-order valence-corrected chi connectivity index (χ3v) is 4.86. The van der Waals surface area contributed by atoms with Gasteiger partial charge >= 0.3 is 0 Å². The van der Waals surface area contributed by atoms with Crippen molar-refractivity contribution in [3.8, 4) is 17.2 Å². The molecule has 1 saturated heterocycles.